The fourth-order valence-corrected chi connectivity index (χ4v) is 10.8. The number of nitrogens with zero attached hydrogens (tertiary/aromatic N) is 8. The van der Waals surface area contributed by atoms with Crippen molar-refractivity contribution in [1.82, 2.24) is 24.9 Å². The molecule has 10 rings (SSSR count). The molecular formula is C43H51N10O4S2+. The van der Waals surface area contributed by atoms with Gasteiger partial charge < -0.3 is 35.2 Å². The standard InChI is InChI=1S/C43H51N10O4S2/c54-25-28-5-3-14-51(23-28)38-39(45-12-11-44-38)56-32-18-30(19-32)48-43-50-35-10-9-27(17-37(35)59-43)22-53-16-13-46-40(41(53)52-15-4-6-29(24-52)26-55)57-33-20-31(21-33)47-42-49-34-7-1-2-8-36(34)58-42/h1-2,7-13,16-17,28-33,54-55H,3-6,14-15,18-26H2,(H,47,49)(H,48,50)/q+1. The molecule has 59 heavy (non-hydrogen) atoms. The number of piperidine rings is 2. The van der Waals surface area contributed by atoms with Crippen molar-refractivity contribution in [3.63, 3.8) is 0 Å². The summed E-state index contributed by atoms with van der Waals surface area (Å²) in [6.45, 7) is 4.35. The van der Waals surface area contributed by atoms with Crippen LogP contribution in [0.5, 0.6) is 11.8 Å². The minimum Gasteiger partial charge on any atom is -0.472 e. The maximum atomic E-state index is 10.1. The predicted octanol–water partition coefficient (Wildman–Crippen LogP) is 5.89. The third kappa shape index (κ3) is 8.45. The van der Waals surface area contributed by atoms with Crippen LogP contribution in [-0.2, 0) is 6.54 Å². The second-order valence-electron chi connectivity index (χ2n) is 16.6. The second kappa shape index (κ2) is 17.0. The van der Waals surface area contributed by atoms with Gasteiger partial charge in [-0.05, 0) is 61.4 Å². The smallest absolute Gasteiger partial charge is 0.340 e. The number of thiazole rings is 2. The van der Waals surface area contributed by atoms with Crippen LogP contribution >= 0.6 is 22.7 Å². The molecule has 2 aliphatic carbocycles. The van der Waals surface area contributed by atoms with Crippen molar-refractivity contribution in [3.05, 3.63) is 72.8 Å². The lowest BCUT2D eigenvalue weighted by Crippen LogP contribution is -2.48. The van der Waals surface area contributed by atoms with Crippen LogP contribution in [0.1, 0.15) is 56.9 Å². The molecule has 16 heteroatoms. The minimum absolute atomic E-state index is 0.0576. The summed E-state index contributed by atoms with van der Waals surface area (Å²) in [7, 11) is 0. The van der Waals surface area contributed by atoms with Crippen molar-refractivity contribution < 1.29 is 24.3 Å². The van der Waals surface area contributed by atoms with Gasteiger partial charge in [-0.25, -0.2) is 29.5 Å². The zero-order valence-electron chi connectivity index (χ0n) is 33.0. The quantitative estimate of drug-likeness (QED) is 0.0965. The molecule has 2 aliphatic heterocycles. The Bertz CT molecular complexity index is 2350. The van der Waals surface area contributed by atoms with Gasteiger partial charge in [0.25, 0.3) is 5.88 Å². The van der Waals surface area contributed by atoms with Gasteiger partial charge in [-0.1, -0.05) is 40.9 Å². The fraction of sp³-hybridized carbons (Fsp3) is 0.488. The van der Waals surface area contributed by atoms with Gasteiger partial charge in [0.05, 0.1) is 39.7 Å². The third-order valence-electron chi connectivity index (χ3n) is 12.2. The van der Waals surface area contributed by atoms with E-state index in [9.17, 15) is 10.2 Å². The van der Waals surface area contributed by atoms with Gasteiger partial charge in [0.1, 0.15) is 24.9 Å². The summed E-state index contributed by atoms with van der Waals surface area (Å²) in [5.41, 5.74) is 3.18. The molecule has 0 radical (unpaired) electrons. The first kappa shape index (κ1) is 38.3. The first-order valence-electron chi connectivity index (χ1n) is 21.1. The Labute approximate surface area is 351 Å². The van der Waals surface area contributed by atoms with Gasteiger partial charge in [-0.2, -0.15) is 0 Å². The lowest BCUT2D eigenvalue weighted by Gasteiger charge is -2.37. The van der Waals surface area contributed by atoms with Crippen molar-refractivity contribution in [2.24, 2.45) is 11.8 Å². The van der Waals surface area contributed by atoms with E-state index in [1.54, 1.807) is 35.1 Å². The van der Waals surface area contributed by atoms with E-state index >= 15 is 0 Å². The number of benzene rings is 2. The van der Waals surface area contributed by atoms with Crippen LogP contribution in [0, 0.1) is 11.8 Å². The number of aliphatic hydroxyl groups excluding tert-OH is 2. The van der Waals surface area contributed by atoms with Crippen LogP contribution in [0.3, 0.4) is 0 Å². The maximum Gasteiger partial charge on any atom is 0.340 e. The number of hydrogen-bond acceptors (Lipinski definition) is 15. The Kier molecular flexibility index (Phi) is 11.0. The molecule has 4 aliphatic rings. The van der Waals surface area contributed by atoms with E-state index in [1.807, 2.05) is 18.5 Å². The SMILES string of the molecule is OCC1CCCN(c2nccnc2OC2CC(Nc3nc4ccc(C[n+]5ccnc(OC6CC(Nc7nc8ccccc8s7)C6)c5N5CCCC(CO)C5)cc4s3)C2)C1. The number of fused-ring (bicyclic) bond motifs is 2. The van der Waals surface area contributed by atoms with E-state index in [1.165, 1.54) is 10.3 Å². The Morgan fingerprint density at radius 1 is 0.712 bits per heavy atom. The molecule has 2 aromatic carbocycles. The topological polar surface area (TPSA) is 158 Å². The summed E-state index contributed by atoms with van der Waals surface area (Å²) < 4.78 is 17.6. The lowest BCUT2D eigenvalue weighted by atomic mass is 9.89. The van der Waals surface area contributed by atoms with Gasteiger partial charge in [0, 0.05) is 82.4 Å². The number of para-hydroxylation sites is 1. The van der Waals surface area contributed by atoms with Crippen LogP contribution < -0.4 is 34.5 Å². The van der Waals surface area contributed by atoms with E-state index in [0.717, 1.165) is 115 Å². The van der Waals surface area contributed by atoms with Crippen molar-refractivity contribution in [1.29, 1.82) is 0 Å². The van der Waals surface area contributed by atoms with E-state index < -0.39 is 0 Å². The van der Waals surface area contributed by atoms with Crippen molar-refractivity contribution in [2.45, 2.75) is 82.2 Å². The van der Waals surface area contributed by atoms with Gasteiger partial charge in [0.15, 0.2) is 16.1 Å². The second-order valence-corrected chi connectivity index (χ2v) is 18.6. The number of rotatable bonds is 14. The zero-order valence-corrected chi connectivity index (χ0v) is 34.7. The molecule has 308 valence electrons. The summed E-state index contributed by atoms with van der Waals surface area (Å²) in [6, 6.07) is 15.3. The number of aromatic nitrogens is 6. The molecule has 0 spiro atoms. The molecule has 2 unspecified atom stereocenters. The van der Waals surface area contributed by atoms with E-state index in [-0.39, 0.29) is 43.3 Å². The number of nitrogens with one attached hydrogen (secondary N) is 2. The summed E-state index contributed by atoms with van der Waals surface area (Å²) in [5, 5.41) is 29.0. The average molecular weight is 836 g/mol. The summed E-state index contributed by atoms with van der Waals surface area (Å²) in [5.74, 6) is 3.46. The minimum atomic E-state index is 0.0576. The predicted molar refractivity (Wildman–Crippen MR) is 231 cm³/mol. The number of anilines is 4. The molecule has 14 nitrogen and oxygen atoms in total. The Balaban J connectivity index is 0.789. The Hall–Kier alpha value is -4.90. The highest BCUT2D eigenvalue weighted by molar-refractivity contribution is 7.22. The zero-order chi connectivity index (χ0) is 39.7. The molecule has 6 heterocycles. The molecular weight excluding hydrogens is 785 g/mol. The molecule has 4 fully saturated rings. The van der Waals surface area contributed by atoms with E-state index in [2.05, 4.69) is 71.4 Å². The van der Waals surface area contributed by atoms with Crippen LogP contribution in [0.15, 0.2) is 67.3 Å². The first-order chi connectivity index (χ1) is 29.0. The monoisotopic (exact) mass is 835 g/mol. The summed E-state index contributed by atoms with van der Waals surface area (Å²) in [4.78, 5) is 28.2. The summed E-state index contributed by atoms with van der Waals surface area (Å²) >= 11 is 3.37. The molecule has 6 aromatic rings. The van der Waals surface area contributed by atoms with Crippen LogP contribution in [0.25, 0.3) is 20.4 Å². The van der Waals surface area contributed by atoms with Crippen molar-refractivity contribution in [2.75, 3.05) is 59.8 Å². The number of hydrogen-bond donors (Lipinski definition) is 4. The van der Waals surface area contributed by atoms with Crippen molar-refractivity contribution >= 4 is 65.0 Å². The fourth-order valence-electron chi connectivity index (χ4n) is 8.88. The highest BCUT2D eigenvalue weighted by Gasteiger charge is 2.37. The van der Waals surface area contributed by atoms with E-state index in [4.69, 9.17) is 24.4 Å². The van der Waals surface area contributed by atoms with Crippen LogP contribution in [0.4, 0.5) is 21.9 Å². The molecule has 2 saturated heterocycles. The van der Waals surface area contributed by atoms with Gasteiger partial charge in [-0.3, -0.25) is 4.90 Å². The van der Waals surface area contributed by atoms with Gasteiger partial charge in [-0.15, -0.1) is 0 Å². The van der Waals surface area contributed by atoms with Gasteiger partial charge >= 0.3 is 11.7 Å². The number of ether oxygens (including phenoxy) is 2. The maximum absolute atomic E-state index is 10.1. The van der Waals surface area contributed by atoms with E-state index in [0.29, 0.717) is 24.3 Å². The highest BCUT2D eigenvalue weighted by Crippen LogP contribution is 2.37. The largest absolute Gasteiger partial charge is 0.472 e. The molecule has 4 N–H and O–H groups in total. The van der Waals surface area contributed by atoms with Crippen molar-refractivity contribution in [3.8, 4) is 11.8 Å². The molecule has 2 saturated carbocycles. The van der Waals surface area contributed by atoms with Crippen LogP contribution in [0.2, 0.25) is 0 Å². The molecule has 2 atom stereocenters. The Morgan fingerprint density at radius 3 is 2.07 bits per heavy atom. The first-order valence-corrected chi connectivity index (χ1v) is 22.7. The molecule has 4 aromatic heterocycles. The highest BCUT2D eigenvalue weighted by atomic mass is 32.1. The normalized spacial score (nSPS) is 24.4. The lowest BCUT2D eigenvalue weighted by molar-refractivity contribution is -0.676. The molecule has 0 amide bonds. The number of aliphatic hydroxyl groups is 2. The average Bonchev–Trinajstić information content (AvgIpc) is 3.85. The third-order valence-corrected chi connectivity index (χ3v) is 14.1. The molecule has 0 bridgehead atoms. The van der Waals surface area contributed by atoms with Crippen LogP contribution in [-0.4, -0.2) is 98.8 Å². The van der Waals surface area contributed by atoms with Gasteiger partial charge in [0.2, 0.25) is 0 Å². The summed E-state index contributed by atoms with van der Waals surface area (Å²) in [6.07, 6.45) is 15.0. The Morgan fingerprint density at radius 2 is 1.34 bits per heavy atom.